The predicted octanol–water partition coefficient (Wildman–Crippen LogP) is 4.27. The number of hydrogen-bond donors (Lipinski definition) is 0. The molecule has 126 valence electrons. The Morgan fingerprint density at radius 2 is 1.11 bits per heavy atom. The van der Waals surface area contributed by atoms with Crippen LogP contribution in [0.3, 0.4) is 0 Å². The van der Waals surface area contributed by atoms with Crippen molar-refractivity contribution in [3.05, 3.63) is 111 Å². The first-order valence-corrected chi connectivity index (χ1v) is 8.04. The fourth-order valence-electron chi connectivity index (χ4n) is 2.33. The smallest absolute Gasteiger partial charge is 0.258 e. The van der Waals surface area contributed by atoms with E-state index in [1.54, 1.807) is 30.3 Å². The molecule has 3 rings (SSSR count). The van der Waals surface area contributed by atoms with Gasteiger partial charge in [-0.1, -0.05) is 47.9 Å². The maximum atomic E-state index is 10.7. The Morgan fingerprint density at radius 3 is 1.59 bits per heavy atom. The van der Waals surface area contributed by atoms with Gasteiger partial charge in [0.2, 0.25) is 0 Å². The van der Waals surface area contributed by atoms with Crippen molar-refractivity contribution >= 4 is 5.69 Å². The Bertz CT molecular complexity index is 1160. The van der Waals surface area contributed by atoms with Crippen LogP contribution in [0, 0.1) is 45.1 Å². The largest absolute Gasteiger partial charge is 0.269 e. The molecule has 0 aliphatic carbocycles. The van der Waals surface area contributed by atoms with E-state index < -0.39 is 4.92 Å². The summed E-state index contributed by atoms with van der Waals surface area (Å²) in [5.74, 6) is 12.1. The number of nitriles is 1. The third-order valence-corrected chi connectivity index (χ3v) is 3.73. The zero-order valence-corrected chi connectivity index (χ0v) is 14.1. The van der Waals surface area contributed by atoms with Gasteiger partial charge in [-0.2, -0.15) is 5.26 Å². The lowest BCUT2D eigenvalue weighted by Crippen LogP contribution is -1.87. The molecular weight excluding hydrogens is 336 g/mol. The molecule has 3 aromatic carbocycles. The van der Waals surface area contributed by atoms with Gasteiger partial charge in [0, 0.05) is 34.4 Å². The monoisotopic (exact) mass is 348 g/mol. The summed E-state index contributed by atoms with van der Waals surface area (Å²) in [7, 11) is 0. The molecule has 0 atom stereocenters. The first-order chi connectivity index (χ1) is 13.2. The molecule has 0 spiro atoms. The Morgan fingerprint density at radius 1 is 0.667 bits per heavy atom. The highest BCUT2D eigenvalue weighted by Gasteiger charge is 2.02. The molecule has 0 aromatic heterocycles. The summed E-state index contributed by atoms with van der Waals surface area (Å²) < 4.78 is 0. The van der Waals surface area contributed by atoms with Gasteiger partial charge in [0.25, 0.3) is 5.69 Å². The maximum absolute atomic E-state index is 10.7. The highest BCUT2D eigenvalue weighted by atomic mass is 16.6. The van der Waals surface area contributed by atoms with Crippen molar-refractivity contribution < 1.29 is 4.92 Å². The Labute approximate surface area is 156 Å². The average Bonchev–Trinajstić information content (AvgIpc) is 2.71. The van der Waals surface area contributed by atoms with Crippen LogP contribution in [0.25, 0.3) is 0 Å². The van der Waals surface area contributed by atoms with Crippen molar-refractivity contribution in [1.82, 2.24) is 0 Å². The summed E-state index contributed by atoms with van der Waals surface area (Å²) in [5.41, 5.74) is 3.40. The fraction of sp³-hybridized carbons (Fsp3) is 0. The second-order valence-electron chi connectivity index (χ2n) is 5.51. The van der Waals surface area contributed by atoms with Crippen LogP contribution in [0.1, 0.15) is 27.8 Å². The van der Waals surface area contributed by atoms with Gasteiger partial charge in [0.05, 0.1) is 10.5 Å². The number of nitro groups is 1. The molecule has 0 bridgehead atoms. The first kappa shape index (κ1) is 17.5. The highest BCUT2D eigenvalue weighted by molar-refractivity contribution is 5.56. The molecule has 4 nitrogen and oxygen atoms in total. The second kappa shape index (κ2) is 8.17. The van der Waals surface area contributed by atoms with Crippen LogP contribution >= 0.6 is 0 Å². The quantitative estimate of drug-likeness (QED) is 0.375. The number of hydrogen-bond acceptors (Lipinski definition) is 3. The van der Waals surface area contributed by atoms with Crippen LogP contribution in [0.2, 0.25) is 0 Å². The van der Waals surface area contributed by atoms with Gasteiger partial charge in [-0.05, 0) is 36.4 Å². The van der Waals surface area contributed by atoms with Crippen molar-refractivity contribution in [2.75, 3.05) is 0 Å². The van der Waals surface area contributed by atoms with E-state index in [-0.39, 0.29) is 5.69 Å². The molecule has 27 heavy (non-hydrogen) atoms. The van der Waals surface area contributed by atoms with Crippen molar-refractivity contribution in [1.29, 1.82) is 5.26 Å². The minimum Gasteiger partial charge on any atom is -0.258 e. The molecule has 0 N–H and O–H groups in total. The standard InChI is InChI=1S/C23H12N2O2/c24-17-22-8-4-3-7-21(22)14-13-20-6-2-1-5-19(20)12-9-18-10-15-23(16-11-18)25(26)27/h1-8,10-11,15-16H. The van der Waals surface area contributed by atoms with Gasteiger partial charge in [0.15, 0.2) is 0 Å². The number of nitro benzene ring substituents is 1. The number of non-ortho nitro benzene ring substituents is 1. The van der Waals surface area contributed by atoms with E-state index in [1.807, 2.05) is 30.3 Å². The molecule has 0 saturated carbocycles. The van der Waals surface area contributed by atoms with E-state index in [0.29, 0.717) is 16.7 Å². The number of rotatable bonds is 1. The molecule has 0 amide bonds. The summed E-state index contributed by atoms with van der Waals surface area (Å²) >= 11 is 0. The van der Waals surface area contributed by atoms with Gasteiger partial charge in [-0.3, -0.25) is 10.1 Å². The van der Waals surface area contributed by atoms with E-state index in [2.05, 4.69) is 29.8 Å². The Hall–Kier alpha value is -4.33. The molecule has 4 heteroatoms. The summed E-state index contributed by atoms with van der Waals surface area (Å²) in [5, 5.41) is 19.9. The summed E-state index contributed by atoms with van der Waals surface area (Å²) in [6.45, 7) is 0. The van der Waals surface area contributed by atoms with Crippen molar-refractivity contribution in [3.8, 4) is 29.8 Å². The SMILES string of the molecule is N#Cc1ccccc1C#Cc1ccccc1C#Cc1ccc([N+](=O)[O-])cc1. The van der Waals surface area contributed by atoms with Crippen LogP contribution < -0.4 is 0 Å². The van der Waals surface area contributed by atoms with Gasteiger partial charge in [-0.15, -0.1) is 0 Å². The van der Waals surface area contributed by atoms with Crippen molar-refractivity contribution in [3.63, 3.8) is 0 Å². The molecule has 0 fully saturated rings. The van der Waals surface area contributed by atoms with Gasteiger partial charge >= 0.3 is 0 Å². The van der Waals surface area contributed by atoms with Crippen LogP contribution in [-0.2, 0) is 0 Å². The second-order valence-corrected chi connectivity index (χ2v) is 5.51. The molecule has 0 aliphatic heterocycles. The summed E-state index contributed by atoms with van der Waals surface area (Å²) in [6, 6.07) is 22.8. The highest BCUT2D eigenvalue weighted by Crippen LogP contribution is 2.12. The molecule has 0 saturated heterocycles. The van der Waals surface area contributed by atoms with Gasteiger partial charge < -0.3 is 0 Å². The topological polar surface area (TPSA) is 66.9 Å². The minimum atomic E-state index is -0.443. The van der Waals surface area contributed by atoms with Crippen molar-refractivity contribution in [2.45, 2.75) is 0 Å². The van der Waals surface area contributed by atoms with Crippen LogP contribution in [-0.4, -0.2) is 4.92 Å². The zero-order valence-electron chi connectivity index (χ0n) is 14.1. The van der Waals surface area contributed by atoms with E-state index in [4.69, 9.17) is 5.26 Å². The fourth-order valence-corrected chi connectivity index (χ4v) is 2.33. The first-order valence-electron chi connectivity index (χ1n) is 8.04. The summed E-state index contributed by atoms with van der Waals surface area (Å²) in [4.78, 5) is 10.3. The van der Waals surface area contributed by atoms with E-state index in [0.717, 1.165) is 11.1 Å². The van der Waals surface area contributed by atoms with Crippen LogP contribution in [0.4, 0.5) is 5.69 Å². The predicted molar refractivity (Wildman–Crippen MR) is 103 cm³/mol. The number of benzene rings is 3. The summed E-state index contributed by atoms with van der Waals surface area (Å²) in [6.07, 6.45) is 0. The molecule has 0 heterocycles. The zero-order chi connectivity index (χ0) is 19.1. The van der Waals surface area contributed by atoms with E-state index in [1.165, 1.54) is 12.1 Å². The molecule has 0 radical (unpaired) electrons. The molecular formula is C23H12N2O2. The van der Waals surface area contributed by atoms with Gasteiger partial charge in [-0.25, -0.2) is 0 Å². The maximum Gasteiger partial charge on any atom is 0.269 e. The lowest BCUT2D eigenvalue weighted by atomic mass is 10.1. The normalized spacial score (nSPS) is 9.15. The minimum absolute atomic E-state index is 0.0305. The van der Waals surface area contributed by atoms with Crippen LogP contribution in [0.15, 0.2) is 72.8 Å². The molecule has 3 aromatic rings. The Kier molecular flexibility index (Phi) is 5.29. The van der Waals surface area contributed by atoms with E-state index >= 15 is 0 Å². The molecule has 0 unspecified atom stereocenters. The average molecular weight is 348 g/mol. The lowest BCUT2D eigenvalue weighted by Gasteiger charge is -1.97. The van der Waals surface area contributed by atoms with Crippen LogP contribution in [0.5, 0.6) is 0 Å². The number of nitrogens with zero attached hydrogens (tertiary/aromatic N) is 2. The third kappa shape index (κ3) is 4.40. The Balaban J connectivity index is 1.91. The lowest BCUT2D eigenvalue weighted by molar-refractivity contribution is -0.384. The molecule has 0 aliphatic rings. The van der Waals surface area contributed by atoms with E-state index in [9.17, 15) is 10.1 Å². The third-order valence-electron chi connectivity index (χ3n) is 3.73. The van der Waals surface area contributed by atoms with Gasteiger partial charge in [0.1, 0.15) is 6.07 Å². The van der Waals surface area contributed by atoms with Crippen molar-refractivity contribution in [2.24, 2.45) is 0 Å².